The van der Waals surface area contributed by atoms with Crippen LogP contribution in [0.1, 0.15) is 77.6 Å². The summed E-state index contributed by atoms with van der Waals surface area (Å²) in [6.45, 7) is 3.05. The largest absolute Gasteiger partial charge is 0.236 e. The van der Waals surface area contributed by atoms with E-state index >= 15 is 0 Å². The van der Waals surface area contributed by atoms with Gasteiger partial charge in [-0.25, -0.2) is 9.78 Å². The SMILES string of the molecule is CCCCCCCCOOC12CCC(CC1)C2. The third-order valence-corrected chi connectivity index (χ3v) is 4.49. The average molecular weight is 240 g/mol. The molecule has 0 saturated heterocycles. The summed E-state index contributed by atoms with van der Waals surface area (Å²) in [4.78, 5) is 11.2. The molecule has 0 aliphatic heterocycles. The second-order valence-electron chi connectivity index (χ2n) is 6.00. The van der Waals surface area contributed by atoms with Gasteiger partial charge in [-0.2, -0.15) is 0 Å². The molecule has 2 rings (SSSR count). The van der Waals surface area contributed by atoms with Gasteiger partial charge in [0.25, 0.3) is 0 Å². The van der Waals surface area contributed by atoms with Crippen molar-refractivity contribution < 1.29 is 9.78 Å². The molecule has 0 atom stereocenters. The van der Waals surface area contributed by atoms with Crippen LogP contribution in [0.2, 0.25) is 0 Å². The molecule has 100 valence electrons. The molecule has 2 heteroatoms. The first-order valence-corrected chi connectivity index (χ1v) is 7.65. The Labute approximate surface area is 106 Å². The lowest BCUT2D eigenvalue weighted by molar-refractivity contribution is -0.359. The molecule has 17 heavy (non-hydrogen) atoms. The van der Waals surface area contributed by atoms with E-state index < -0.39 is 0 Å². The lowest BCUT2D eigenvalue weighted by Gasteiger charge is -2.24. The molecule has 2 fully saturated rings. The molecule has 0 aromatic carbocycles. The van der Waals surface area contributed by atoms with E-state index in [0.29, 0.717) is 0 Å². The van der Waals surface area contributed by atoms with Crippen molar-refractivity contribution in [3.8, 4) is 0 Å². The summed E-state index contributed by atoms with van der Waals surface area (Å²) in [6.07, 6.45) is 14.3. The van der Waals surface area contributed by atoms with Gasteiger partial charge in [0.2, 0.25) is 0 Å². The average Bonchev–Trinajstić information content (AvgIpc) is 2.93. The van der Waals surface area contributed by atoms with E-state index in [0.717, 1.165) is 18.9 Å². The molecule has 0 spiro atoms. The van der Waals surface area contributed by atoms with Crippen molar-refractivity contribution >= 4 is 0 Å². The van der Waals surface area contributed by atoms with Gasteiger partial charge in [-0.15, -0.1) is 0 Å². The molecule has 2 aliphatic rings. The van der Waals surface area contributed by atoms with Gasteiger partial charge in [0, 0.05) is 0 Å². The summed E-state index contributed by atoms with van der Waals surface area (Å²) < 4.78 is 0. The molecule has 2 aliphatic carbocycles. The lowest BCUT2D eigenvalue weighted by atomic mass is 9.97. The van der Waals surface area contributed by atoms with Gasteiger partial charge in [-0.3, -0.25) is 0 Å². The molecule has 0 unspecified atom stereocenters. The van der Waals surface area contributed by atoms with E-state index in [1.165, 1.54) is 64.2 Å². The first-order valence-electron chi connectivity index (χ1n) is 7.65. The van der Waals surface area contributed by atoms with Crippen LogP contribution < -0.4 is 0 Å². The van der Waals surface area contributed by atoms with Crippen LogP contribution in [-0.2, 0) is 9.78 Å². The molecule has 2 bridgehead atoms. The minimum atomic E-state index is 0.132. The van der Waals surface area contributed by atoms with Crippen molar-refractivity contribution in [2.45, 2.75) is 83.2 Å². The van der Waals surface area contributed by atoms with Crippen LogP contribution >= 0.6 is 0 Å². The van der Waals surface area contributed by atoms with Crippen LogP contribution in [0.3, 0.4) is 0 Å². The van der Waals surface area contributed by atoms with Crippen molar-refractivity contribution in [3.63, 3.8) is 0 Å². The quantitative estimate of drug-likeness (QED) is 0.332. The molecule has 0 heterocycles. The Morgan fingerprint density at radius 2 is 1.71 bits per heavy atom. The fourth-order valence-corrected chi connectivity index (χ4v) is 3.36. The van der Waals surface area contributed by atoms with Crippen LogP contribution in [0, 0.1) is 5.92 Å². The highest BCUT2D eigenvalue weighted by atomic mass is 17.2. The van der Waals surface area contributed by atoms with Crippen LogP contribution in [-0.4, -0.2) is 12.2 Å². The van der Waals surface area contributed by atoms with E-state index in [2.05, 4.69) is 6.92 Å². The number of fused-ring (bicyclic) bond motifs is 2. The first-order chi connectivity index (χ1) is 8.35. The molecule has 2 nitrogen and oxygen atoms in total. The summed E-state index contributed by atoms with van der Waals surface area (Å²) in [5.41, 5.74) is 0.132. The molecule has 0 aromatic rings. The third kappa shape index (κ3) is 3.96. The lowest BCUT2D eigenvalue weighted by Crippen LogP contribution is -2.27. The highest BCUT2D eigenvalue weighted by Crippen LogP contribution is 2.49. The second-order valence-corrected chi connectivity index (χ2v) is 6.00. The fraction of sp³-hybridized carbons (Fsp3) is 1.00. The Bertz CT molecular complexity index is 207. The maximum atomic E-state index is 5.71. The number of unbranched alkanes of at least 4 members (excludes halogenated alkanes) is 5. The predicted octanol–water partition coefficient (Wildman–Crippen LogP) is 4.63. The van der Waals surface area contributed by atoms with Gasteiger partial charge >= 0.3 is 0 Å². The third-order valence-electron chi connectivity index (χ3n) is 4.49. The monoisotopic (exact) mass is 240 g/mol. The van der Waals surface area contributed by atoms with Crippen molar-refractivity contribution in [1.29, 1.82) is 0 Å². The molecule has 0 radical (unpaired) electrons. The first kappa shape index (κ1) is 13.4. The molecule has 0 amide bonds. The van der Waals surface area contributed by atoms with Gasteiger partial charge in [0.15, 0.2) is 0 Å². The minimum Gasteiger partial charge on any atom is -0.236 e. The summed E-state index contributed by atoms with van der Waals surface area (Å²) in [6, 6.07) is 0. The number of hydrogen-bond donors (Lipinski definition) is 0. The highest BCUT2D eigenvalue weighted by Gasteiger charge is 2.46. The van der Waals surface area contributed by atoms with E-state index in [-0.39, 0.29) is 5.60 Å². The van der Waals surface area contributed by atoms with Crippen LogP contribution in [0.15, 0.2) is 0 Å². The molecular formula is C15H28O2. The smallest absolute Gasteiger partial charge is 0.104 e. The molecule has 2 saturated carbocycles. The Kier molecular flexibility index (Phi) is 5.30. The van der Waals surface area contributed by atoms with Crippen molar-refractivity contribution in [3.05, 3.63) is 0 Å². The zero-order valence-corrected chi connectivity index (χ0v) is 11.4. The normalized spacial score (nSPS) is 31.2. The van der Waals surface area contributed by atoms with Crippen molar-refractivity contribution in [2.24, 2.45) is 5.92 Å². The van der Waals surface area contributed by atoms with Crippen molar-refractivity contribution in [1.82, 2.24) is 0 Å². The van der Waals surface area contributed by atoms with Gasteiger partial charge < -0.3 is 0 Å². The number of hydrogen-bond acceptors (Lipinski definition) is 2. The molecule has 0 N–H and O–H groups in total. The molecule has 0 aromatic heterocycles. The number of rotatable bonds is 9. The zero-order chi connectivity index (χ0) is 12.0. The summed E-state index contributed by atoms with van der Waals surface area (Å²) >= 11 is 0. The van der Waals surface area contributed by atoms with Crippen LogP contribution in [0.25, 0.3) is 0 Å². The van der Waals surface area contributed by atoms with Crippen LogP contribution in [0.4, 0.5) is 0 Å². The van der Waals surface area contributed by atoms with Gasteiger partial charge in [0.05, 0.1) is 6.61 Å². The van der Waals surface area contributed by atoms with Gasteiger partial charge in [-0.1, -0.05) is 39.0 Å². The van der Waals surface area contributed by atoms with E-state index in [1.807, 2.05) is 0 Å². The highest BCUT2D eigenvalue weighted by molar-refractivity contribution is 4.96. The zero-order valence-electron chi connectivity index (χ0n) is 11.4. The maximum absolute atomic E-state index is 5.71. The molecular weight excluding hydrogens is 212 g/mol. The Morgan fingerprint density at radius 3 is 2.35 bits per heavy atom. The minimum absolute atomic E-state index is 0.132. The maximum Gasteiger partial charge on any atom is 0.104 e. The van der Waals surface area contributed by atoms with Gasteiger partial charge in [0.1, 0.15) is 5.60 Å². The van der Waals surface area contributed by atoms with Crippen LogP contribution in [0.5, 0.6) is 0 Å². The Hall–Kier alpha value is -0.0800. The van der Waals surface area contributed by atoms with E-state index in [4.69, 9.17) is 9.78 Å². The fourth-order valence-electron chi connectivity index (χ4n) is 3.36. The van der Waals surface area contributed by atoms with Crippen molar-refractivity contribution in [2.75, 3.05) is 6.61 Å². The van der Waals surface area contributed by atoms with E-state index in [1.54, 1.807) is 0 Å². The summed E-state index contributed by atoms with van der Waals surface area (Å²) in [5.74, 6) is 0.938. The Morgan fingerprint density at radius 1 is 1.00 bits per heavy atom. The summed E-state index contributed by atoms with van der Waals surface area (Å²) in [5, 5.41) is 0. The van der Waals surface area contributed by atoms with E-state index in [9.17, 15) is 0 Å². The predicted molar refractivity (Wildman–Crippen MR) is 69.7 cm³/mol. The Balaban J connectivity index is 1.44. The standard InChI is InChI=1S/C15H28O2/c1-2-3-4-5-6-7-12-16-17-15-10-8-14(13-15)9-11-15/h14H,2-13H2,1H3. The second kappa shape index (κ2) is 6.75. The van der Waals surface area contributed by atoms with Gasteiger partial charge in [-0.05, 0) is 44.4 Å². The summed E-state index contributed by atoms with van der Waals surface area (Å²) in [7, 11) is 0. The topological polar surface area (TPSA) is 18.5 Å².